The molecule has 0 saturated carbocycles. The first-order valence-electron chi connectivity index (χ1n) is 16.7. The van der Waals surface area contributed by atoms with Crippen LogP contribution in [0.25, 0.3) is 93.0 Å². The van der Waals surface area contributed by atoms with Crippen molar-refractivity contribution in [3.05, 3.63) is 157 Å². The molecule has 3 heterocycles. The summed E-state index contributed by atoms with van der Waals surface area (Å²) in [6.45, 7) is 0. The second-order valence-corrected chi connectivity index (χ2v) is 13.7. The van der Waals surface area contributed by atoms with Gasteiger partial charge >= 0.3 is 0 Å². The standard InChI is InChI=1S/C45H27N3OS/c1-3-12-28(13-4-1)30-16-11-17-31(24-30)43-46-44(32-22-23-35-34-18-8-10-21-40(34)50-41(35)27-32)48-45(47-43)33-25-37(29-14-5-2-6-15-29)42-36-19-7-9-20-38(36)49-39(42)26-33/h2-3,5,7-14,16-27H,6,15H2. The fourth-order valence-corrected chi connectivity index (χ4v) is 8.20. The lowest BCUT2D eigenvalue weighted by Gasteiger charge is -2.14. The molecular weight excluding hydrogens is 631 g/mol. The Balaban J connectivity index is 1.20. The van der Waals surface area contributed by atoms with Crippen LogP contribution >= 0.6 is 11.3 Å². The third-order valence-electron chi connectivity index (χ3n) is 9.48. The number of fused-ring (bicyclic) bond motifs is 6. The number of para-hydroxylation sites is 1. The molecule has 0 saturated heterocycles. The molecule has 234 valence electrons. The molecule has 50 heavy (non-hydrogen) atoms. The largest absolute Gasteiger partial charge is 0.456 e. The summed E-state index contributed by atoms with van der Waals surface area (Å²) < 4.78 is 8.97. The van der Waals surface area contributed by atoms with Crippen molar-refractivity contribution in [1.29, 1.82) is 0 Å². The van der Waals surface area contributed by atoms with Gasteiger partial charge in [-0.05, 0) is 89.7 Å². The van der Waals surface area contributed by atoms with E-state index in [2.05, 4.69) is 121 Å². The number of furan rings is 1. The predicted molar refractivity (Wildman–Crippen MR) is 206 cm³/mol. The highest BCUT2D eigenvalue weighted by Crippen LogP contribution is 2.41. The second-order valence-electron chi connectivity index (χ2n) is 12.6. The molecule has 0 N–H and O–H groups in total. The van der Waals surface area contributed by atoms with Crippen LogP contribution < -0.4 is 0 Å². The Hall–Kier alpha value is -6.35. The van der Waals surface area contributed by atoms with E-state index >= 15 is 0 Å². The third-order valence-corrected chi connectivity index (χ3v) is 10.6. The molecule has 10 rings (SSSR count). The van der Waals surface area contributed by atoms with Gasteiger partial charge in [-0.25, -0.2) is 15.0 Å². The highest BCUT2D eigenvalue weighted by Gasteiger charge is 2.20. The molecule has 0 spiro atoms. The molecule has 0 radical (unpaired) electrons. The summed E-state index contributed by atoms with van der Waals surface area (Å²) in [5.74, 6) is 1.84. The molecule has 4 nitrogen and oxygen atoms in total. The highest BCUT2D eigenvalue weighted by molar-refractivity contribution is 7.25. The van der Waals surface area contributed by atoms with Crippen molar-refractivity contribution < 1.29 is 4.42 Å². The van der Waals surface area contributed by atoms with E-state index in [1.54, 1.807) is 11.3 Å². The first kappa shape index (κ1) is 28.6. The van der Waals surface area contributed by atoms with Gasteiger partial charge in [0.25, 0.3) is 0 Å². The van der Waals surface area contributed by atoms with Gasteiger partial charge < -0.3 is 4.42 Å². The molecule has 0 amide bonds. The number of allylic oxidation sites excluding steroid dienone is 4. The van der Waals surface area contributed by atoms with Gasteiger partial charge in [0.2, 0.25) is 0 Å². The van der Waals surface area contributed by atoms with Crippen LogP contribution in [0.2, 0.25) is 0 Å². The number of benzene rings is 5. The molecule has 3 aromatic heterocycles. The lowest BCUT2D eigenvalue weighted by Crippen LogP contribution is -2.01. The molecule has 0 bridgehead atoms. The predicted octanol–water partition coefficient (Wildman–Crippen LogP) is 12.1. The van der Waals surface area contributed by atoms with Gasteiger partial charge in [0.05, 0.1) is 0 Å². The van der Waals surface area contributed by atoms with E-state index in [1.165, 1.54) is 25.7 Å². The molecule has 1 aliphatic rings. The Morgan fingerprint density at radius 2 is 1.36 bits per heavy atom. The van der Waals surface area contributed by atoms with E-state index in [0.717, 1.165) is 68.2 Å². The van der Waals surface area contributed by atoms with Gasteiger partial charge in [-0.3, -0.25) is 0 Å². The number of hydrogen-bond acceptors (Lipinski definition) is 5. The van der Waals surface area contributed by atoms with Gasteiger partial charge in [0.15, 0.2) is 17.5 Å². The van der Waals surface area contributed by atoms with Gasteiger partial charge in [-0.2, -0.15) is 0 Å². The molecule has 0 aliphatic heterocycles. The maximum absolute atomic E-state index is 6.50. The SMILES string of the molecule is c1ccc(-c2cccc(-c3nc(-c4cc(C5=CC=CCC5)c5c(c4)oc4ccccc45)nc(-c4ccc5c(c4)sc4ccccc45)n3)c2)cc#1. The van der Waals surface area contributed by atoms with Crippen LogP contribution in [0.3, 0.4) is 0 Å². The van der Waals surface area contributed by atoms with E-state index < -0.39 is 0 Å². The summed E-state index contributed by atoms with van der Waals surface area (Å²) >= 11 is 1.79. The second kappa shape index (κ2) is 11.7. The van der Waals surface area contributed by atoms with Gasteiger partial charge in [-0.15, -0.1) is 11.3 Å². The first-order chi connectivity index (χ1) is 24.7. The molecule has 0 fully saturated rings. The Morgan fingerprint density at radius 1 is 0.580 bits per heavy atom. The van der Waals surface area contributed by atoms with Crippen LogP contribution in [0.5, 0.6) is 0 Å². The quantitative estimate of drug-likeness (QED) is 0.185. The number of hydrogen-bond donors (Lipinski definition) is 0. The van der Waals surface area contributed by atoms with Crippen molar-refractivity contribution in [2.45, 2.75) is 12.8 Å². The fourth-order valence-electron chi connectivity index (χ4n) is 7.06. The molecule has 0 unspecified atom stereocenters. The zero-order chi connectivity index (χ0) is 33.0. The van der Waals surface area contributed by atoms with Crippen LogP contribution in [-0.4, -0.2) is 15.0 Å². The molecule has 0 atom stereocenters. The number of thiophene rings is 1. The summed E-state index contributed by atoms with van der Waals surface area (Å²) in [4.78, 5) is 15.5. The maximum atomic E-state index is 6.50. The minimum absolute atomic E-state index is 0.602. The summed E-state index contributed by atoms with van der Waals surface area (Å²) in [5, 5.41) is 4.74. The summed E-state index contributed by atoms with van der Waals surface area (Å²) in [5.41, 5.74) is 8.99. The number of rotatable bonds is 5. The van der Waals surface area contributed by atoms with Crippen molar-refractivity contribution in [1.82, 2.24) is 15.0 Å². The normalized spacial score (nSPS) is 12.9. The van der Waals surface area contributed by atoms with Crippen molar-refractivity contribution >= 4 is 59.0 Å². The lowest BCUT2D eigenvalue weighted by atomic mass is 9.92. The molecule has 5 heteroatoms. The Labute approximate surface area is 292 Å². The number of nitrogens with zero attached hydrogens (tertiary/aromatic N) is 3. The topological polar surface area (TPSA) is 51.8 Å². The Morgan fingerprint density at radius 3 is 2.20 bits per heavy atom. The van der Waals surface area contributed by atoms with Crippen molar-refractivity contribution in [2.75, 3.05) is 0 Å². The third kappa shape index (κ3) is 4.89. The average Bonchev–Trinajstić information content (AvgIpc) is 3.76. The van der Waals surface area contributed by atoms with Crippen LogP contribution in [-0.2, 0) is 0 Å². The van der Waals surface area contributed by atoms with Gasteiger partial charge in [0.1, 0.15) is 11.2 Å². The molecule has 9 aromatic rings. The van der Waals surface area contributed by atoms with E-state index in [0.29, 0.717) is 17.5 Å². The van der Waals surface area contributed by atoms with Crippen LogP contribution in [0.1, 0.15) is 18.4 Å². The van der Waals surface area contributed by atoms with Gasteiger partial charge in [0, 0.05) is 47.6 Å². The van der Waals surface area contributed by atoms with E-state index in [9.17, 15) is 0 Å². The minimum Gasteiger partial charge on any atom is -0.456 e. The van der Waals surface area contributed by atoms with E-state index in [-0.39, 0.29) is 0 Å². The van der Waals surface area contributed by atoms with Crippen LogP contribution in [0, 0.1) is 12.1 Å². The fraction of sp³-hybridized carbons (Fsp3) is 0.0444. The Bertz CT molecular complexity index is 2820. The summed E-state index contributed by atoms with van der Waals surface area (Å²) in [6.07, 6.45) is 8.55. The smallest absolute Gasteiger partial charge is 0.164 e. The van der Waals surface area contributed by atoms with Crippen molar-refractivity contribution in [3.63, 3.8) is 0 Å². The molecule has 6 aromatic carbocycles. The number of aromatic nitrogens is 3. The van der Waals surface area contributed by atoms with Crippen molar-refractivity contribution in [2.24, 2.45) is 0 Å². The minimum atomic E-state index is 0.602. The maximum Gasteiger partial charge on any atom is 0.164 e. The zero-order valence-corrected chi connectivity index (χ0v) is 27.7. The monoisotopic (exact) mass is 657 g/mol. The highest BCUT2D eigenvalue weighted by atomic mass is 32.1. The van der Waals surface area contributed by atoms with Gasteiger partial charge in [-0.1, -0.05) is 97.1 Å². The summed E-state index contributed by atoms with van der Waals surface area (Å²) in [6, 6.07) is 48.0. The van der Waals surface area contributed by atoms with E-state index in [4.69, 9.17) is 19.4 Å². The lowest BCUT2D eigenvalue weighted by molar-refractivity contribution is 0.669. The first-order valence-corrected chi connectivity index (χ1v) is 17.5. The molecule has 1 aliphatic carbocycles. The van der Waals surface area contributed by atoms with Crippen LogP contribution in [0.4, 0.5) is 0 Å². The Kier molecular flexibility index (Phi) is 6.68. The summed E-state index contributed by atoms with van der Waals surface area (Å²) in [7, 11) is 0. The molecular formula is C45H27N3OS. The van der Waals surface area contributed by atoms with Crippen LogP contribution in [0.15, 0.2) is 144 Å². The average molecular weight is 658 g/mol. The van der Waals surface area contributed by atoms with E-state index in [1.807, 2.05) is 30.3 Å². The zero-order valence-electron chi connectivity index (χ0n) is 26.9. The van der Waals surface area contributed by atoms with Crippen molar-refractivity contribution in [3.8, 4) is 45.3 Å².